The lowest BCUT2D eigenvalue weighted by Crippen LogP contribution is -2.24. The SMILES string of the molecule is CCON=C(c1nonc1N)N(C)C. The number of hydrogen-bond acceptors (Lipinski definition) is 6. The van der Waals surface area contributed by atoms with Gasteiger partial charge in [-0.05, 0) is 17.2 Å². The van der Waals surface area contributed by atoms with Gasteiger partial charge in [0.15, 0.2) is 11.5 Å². The van der Waals surface area contributed by atoms with E-state index in [4.69, 9.17) is 10.6 Å². The molecule has 0 fully saturated rings. The first-order valence-electron chi connectivity index (χ1n) is 4.12. The molecule has 7 heteroatoms. The van der Waals surface area contributed by atoms with Gasteiger partial charge in [0.2, 0.25) is 5.84 Å². The van der Waals surface area contributed by atoms with Gasteiger partial charge in [-0.15, -0.1) is 0 Å². The predicted octanol–water partition coefficient (Wildman–Crippen LogP) is -0.0885. The normalized spacial score (nSPS) is 11.5. The van der Waals surface area contributed by atoms with E-state index in [2.05, 4.69) is 20.1 Å². The summed E-state index contributed by atoms with van der Waals surface area (Å²) >= 11 is 0. The van der Waals surface area contributed by atoms with E-state index in [1.165, 1.54) is 0 Å². The van der Waals surface area contributed by atoms with Gasteiger partial charge < -0.3 is 15.5 Å². The molecule has 0 atom stereocenters. The number of oxime groups is 1. The van der Waals surface area contributed by atoms with Crippen molar-refractivity contribution >= 4 is 11.7 Å². The largest absolute Gasteiger partial charge is 0.394 e. The summed E-state index contributed by atoms with van der Waals surface area (Å²) in [5.41, 5.74) is 5.90. The van der Waals surface area contributed by atoms with Crippen molar-refractivity contribution in [2.45, 2.75) is 6.92 Å². The van der Waals surface area contributed by atoms with E-state index >= 15 is 0 Å². The zero-order chi connectivity index (χ0) is 10.6. The summed E-state index contributed by atoms with van der Waals surface area (Å²) in [5, 5.41) is 10.9. The van der Waals surface area contributed by atoms with Gasteiger partial charge in [-0.3, -0.25) is 0 Å². The van der Waals surface area contributed by atoms with Gasteiger partial charge in [-0.2, -0.15) is 0 Å². The molecule has 7 nitrogen and oxygen atoms in total. The molecule has 14 heavy (non-hydrogen) atoms. The molecule has 0 aliphatic carbocycles. The average Bonchev–Trinajstić information content (AvgIpc) is 2.52. The highest BCUT2D eigenvalue weighted by Gasteiger charge is 2.16. The minimum absolute atomic E-state index is 0.192. The number of anilines is 1. The summed E-state index contributed by atoms with van der Waals surface area (Å²) in [6.45, 7) is 2.31. The number of rotatable bonds is 3. The molecule has 0 aromatic carbocycles. The molecule has 0 bridgehead atoms. The van der Waals surface area contributed by atoms with Crippen molar-refractivity contribution in [1.29, 1.82) is 0 Å². The number of amidine groups is 1. The Morgan fingerprint density at radius 1 is 1.57 bits per heavy atom. The minimum Gasteiger partial charge on any atom is -0.394 e. The van der Waals surface area contributed by atoms with E-state index in [-0.39, 0.29) is 5.82 Å². The number of aromatic nitrogens is 2. The first-order valence-corrected chi connectivity index (χ1v) is 4.12. The monoisotopic (exact) mass is 199 g/mol. The van der Waals surface area contributed by atoms with Gasteiger partial charge >= 0.3 is 0 Å². The molecule has 0 unspecified atom stereocenters. The van der Waals surface area contributed by atoms with E-state index < -0.39 is 0 Å². The van der Waals surface area contributed by atoms with Crippen LogP contribution in [-0.2, 0) is 4.84 Å². The second-order valence-electron chi connectivity index (χ2n) is 2.73. The predicted molar refractivity (Wildman–Crippen MR) is 50.6 cm³/mol. The van der Waals surface area contributed by atoms with Crippen molar-refractivity contribution < 1.29 is 9.47 Å². The third-order valence-electron chi connectivity index (χ3n) is 1.43. The lowest BCUT2D eigenvalue weighted by molar-refractivity contribution is 0.155. The maximum atomic E-state index is 5.52. The summed E-state index contributed by atoms with van der Waals surface area (Å²) in [7, 11) is 3.60. The van der Waals surface area contributed by atoms with Crippen LogP contribution in [-0.4, -0.2) is 41.8 Å². The van der Waals surface area contributed by atoms with Crippen LogP contribution in [0.2, 0.25) is 0 Å². The van der Waals surface area contributed by atoms with Crippen molar-refractivity contribution in [3.8, 4) is 0 Å². The van der Waals surface area contributed by atoms with Crippen molar-refractivity contribution in [3.05, 3.63) is 5.69 Å². The molecule has 1 aromatic heterocycles. The Morgan fingerprint density at radius 2 is 2.29 bits per heavy atom. The van der Waals surface area contributed by atoms with Crippen molar-refractivity contribution in [3.63, 3.8) is 0 Å². The molecule has 1 heterocycles. The summed E-state index contributed by atoms with van der Waals surface area (Å²) < 4.78 is 4.47. The van der Waals surface area contributed by atoms with Crippen LogP contribution in [0.4, 0.5) is 5.82 Å². The number of hydrogen-bond donors (Lipinski definition) is 1. The van der Waals surface area contributed by atoms with Gasteiger partial charge in [-0.1, -0.05) is 5.16 Å². The lowest BCUT2D eigenvalue weighted by Gasteiger charge is -2.11. The average molecular weight is 199 g/mol. The molecule has 0 aliphatic rings. The van der Waals surface area contributed by atoms with Gasteiger partial charge in [0, 0.05) is 14.1 Å². The zero-order valence-electron chi connectivity index (χ0n) is 8.39. The van der Waals surface area contributed by atoms with Crippen molar-refractivity contribution in [2.24, 2.45) is 5.16 Å². The number of nitrogen functional groups attached to an aromatic ring is 1. The molecule has 0 spiro atoms. The quantitative estimate of drug-likeness (QED) is 0.415. The molecule has 0 saturated heterocycles. The van der Waals surface area contributed by atoms with E-state index in [0.29, 0.717) is 18.1 Å². The lowest BCUT2D eigenvalue weighted by atomic mass is 10.4. The van der Waals surface area contributed by atoms with Gasteiger partial charge in [0.1, 0.15) is 6.61 Å². The smallest absolute Gasteiger partial charge is 0.201 e. The van der Waals surface area contributed by atoms with Crippen LogP contribution >= 0.6 is 0 Å². The molecule has 1 rings (SSSR count). The highest BCUT2D eigenvalue weighted by molar-refractivity contribution is 5.99. The Kier molecular flexibility index (Phi) is 3.27. The molecule has 2 N–H and O–H groups in total. The fraction of sp³-hybridized carbons (Fsp3) is 0.571. The van der Waals surface area contributed by atoms with Crippen LogP contribution in [0.15, 0.2) is 9.78 Å². The van der Waals surface area contributed by atoms with Crippen LogP contribution < -0.4 is 5.73 Å². The molecular weight excluding hydrogens is 186 g/mol. The first-order chi connectivity index (χ1) is 6.66. The van der Waals surface area contributed by atoms with Crippen LogP contribution in [0.3, 0.4) is 0 Å². The van der Waals surface area contributed by atoms with Crippen molar-refractivity contribution in [1.82, 2.24) is 15.2 Å². The zero-order valence-corrected chi connectivity index (χ0v) is 8.39. The molecule has 0 amide bonds. The summed E-state index contributed by atoms with van der Waals surface area (Å²) in [6.07, 6.45) is 0. The minimum atomic E-state index is 0.192. The fourth-order valence-corrected chi connectivity index (χ4v) is 0.813. The second kappa shape index (κ2) is 4.45. The third-order valence-corrected chi connectivity index (χ3v) is 1.43. The number of nitrogens with two attached hydrogens (primary N) is 1. The van der Waals surface area contributed by atoms with Crippen LogP contribution in [0.25, 0.3) is 0 Å². The Hall–Kier alpha value is -1.79. The Bertz CT molecular complexity index is 320. The Labute approximate surface area is 81.5 Å². The van der Waals surface area contributed by atoms with E-state index in [9.17, 15) is 0 Å². The topological polar surface area (TPSA) is 89.8 Å². The second-order valence-corrected chi connectivity index (χ2v) is 2.73. The summed E-state index contributed by atoms with van der Waals surface area (Å²) in [5.74, 6) is 0.669. The highest BCUT2D eigenvalue weighted by Crippen LogP contribution is 2.07. The molecule has 0 saturated carbocycles. The van der Waals surface area contributed by atoms with Gasteiger partial charge in [-0.25, -0.2) is 4.63 Å². The van der Waals surface area contributed by atoms with Crippen molar-refractivity contribution in [2.75, 3.05) is 26.4 Å². The summed E-state index contributed by atoms with van der Waals surface area (Å²) in [4.78, 5) is 6.63. The summed E-state index contributed by atoms with van der Waals surface area (Å²) in [6, 6.07) is 0. The third kappa shape index (κ3) is 2.12. The van der Waals surface area contributed by atoms with Gasteiger partial charge in [0.25, 0.3) is 0 Å². The van der Waals surface area contributed by atoms with Gasteiger partial charge in [0.05, 0.1) is 0 Å². The number of nitrogens with zero attached hydrogens (tertiary/aromatic N) is 4. The Morgan fingerprint density at radius 3 is 2.71 bits per heavy atom. The van der Waals surface area contributed by atoms with Crippen LogP contribution in [0.1, 0.15) is 12.6 Å². The van der Waals surface area contributed by atoms with Crippen LogP contribution in [0.5, 0.6) is 0 Å². The first kappa shape index (κ1) is 10.3. The van der Waals surface area contributed by atoms with E-state index in [0.717, 1.165) is 0 Å². The van der Waals surface area contributed by atoms with Crippen LogP contribution in [0, 0.1) is 0 Å². The molecule has 0 aliphatic heterocycles. The fourth-order valence-electron chi connectivity index (χ4n) is 0.813. The Balaban J connectivity index is 2.95. The van der Waals surface area contributed by atoms with E-state index in [1.54, 1.807) is 19.0 Å². The van der Waals surface area contributed by atoms with E-state index in [1.807, 2.05) is 6.92 Å². The maximum absolute atomic E-state index is 5.52. The molecule has 1 aromatic rings. The molecular formula is C7H13N5O2. The maximum Gasteiger partial charge on any atom is 0.201 e. The molecule has 0 radical (unpaired) electrons. The standard InChI is InChI=1S/C7H13N5O2/c1-4-13-11-7(12(2)3)5-6(8)10-14-9-5/h4H2,1-3H3,(H2,8,10). The highest BCUT2D eigenvalue weighted by atomic mass is 16.6. The molecule has 78 valence electrons.